The van der Waals surface area contributed by atoms with Gasteiger partial charge in [0.25, 0.3) is 0 Å². The molecule has 1 saturated carbocycles. The zero-order chi connectivity index (χ0) is 22.7. The molecule has 1 aliphatic carbocycles. The van der Waals surface area contributed by atoms with Crippen LogP contribution in [0.2, 0.25) is 0 Å². The van der Waals surface area contributed by atoms with E-state index in [0.29, 0.717) is 18.9 Å². The summed E-state index contributed by atoms with van der Waals surface area (Å²) in [6, 6.07) is 15.8. The molecule has 4 nitrogen and oxygen atoms in total. The molecule has 1 aliphatic heterocycles. The van der Waals surface area contributed by atoms with E-state index in [0.717, 1.165) is 49.7 Å². The zero-order valence-electron chi connectivity index (χ0n) is 19.2. The van der Waals surface area contributed by atoms with E-state index in [2.05, 4.69) is 60.7 Å². The Kier molecular flexibility index (Phi) is 6.96. The number of nitrogens with zero attached hydrogens (tertiary/aromatic N) is 1. The lowest BCUT2D eigenvalue weighted by Gasteiger charge is -2.45. The molecule has 172 valence electrons. The van der Waals surface area contributed by atoms with Gasteiger partial charge in [0.1, 0.15) is 11.9 Å². The second kappa shape index (κ2) is 9.72. The van der Waals surface area contributed by atoms with Crippen LogP contribution in [0.3, 0.4) is 0 Å². The SMILES string of the molecule is CN(C)[C@]1(c2ccccc2)CC[C@@H](Cc2cc(F)cc(C[C@@H]3CN[C@H](C(=O)O)C3)c2)CC1. The molecule has 1 heterocycles. The molecular weight excluding hydrogens is 403 g/mol. The molecule has 0 amide bonds. The van der Waals surface area contributed by atoms with Crippen LogP contribution in [0.1, 0.15) is 48.8 Å². The quantitative estimate of drug-likeness (QED) is 0.662. The summed E-state index contributed by atoms with van der Waals surface area (Å²) < 4.78 is 14.4. The standard InChI is InChI=1S/C27H35FN2O2/c1-30(2)27(23-6-4-3-5-7-23)10-8-19(9-11-27)12-20-13-21(16-24(28)15-20)14-22-17-25(26(31)32)29-18-22/h3-7,13,15-16,19,22,25,29H,8-12,14,17-18H2,1-2H3,(H,31,32)/t19-,22-,25-,27-/m0/s1. The summed E-state index contributed by atoms with van der Waals surface area (Å²) >= 11 is 0. The van der Waals surface area contributed by atoms with E-state index in [1.807, 2.05) is 0 Å². The van der Waals surface area contributed by atoms with Crippen LogP contribution in [0.5, 0.6) is 0 Å². The number of hydrogen-bond acceptors (Lipinski definition) is 3. The number of carbonyl (C=O) groups is 1. The zero-order valence-corrected chi connectivity index (χ0v) is 19.2. The second-order valence-electron chi connectivity index (χ2n) is 10.0. The third-order valence-corrected chi connectivity index (χ3v) is 7.69. The van der Waals surface area contributed by atoms with E-state index in [-0.39, 0.29) is 17.3 Å². The van der Waals surface area contributed by atoms with Crippen molar-refractivity contribution in [2.75, 3.05) is 20.6 Å². The van der Waals surface area contributed by atoms with E-state index in [9.17, 15) is 14.3 Å². The molecule has 0 bridgehead atoms. The molecule has 2 atom stereocenters. The smallest absolute Gasteiger partial charge is 0.320 e. The van der Waals surface area contributed by atoms with E-state index >= 15 is 0 Å². The van der Waals surface area contributed by atoms with Crippen molar-refractivity contribution in [2.45, 2.75) is 56.5 Å². The highest BCUT2D eigenvalue weighted by Crippen LogP contribution is 2.43. The van der Waals surface area contributed by atoms with E-state index in [1.54, 1.807) is 12.1 Å². The summed E-state index contributed by atoms with van der Waals surface area (Å²) in [4.78, 5) is 13.6. The van der Waals surface area contributed by atoms with E-state index in [1.165, 1.54) is 5.56 Å². The third kappa shape index (κ3) is 5.05. The van der Waals surface area contributed by atoms with E-state index < -0.39 is 12.0 Å². The Bertz CT molecular complexity index is 923. The number of carboxylic acid groups (broad SMARTS) is 1. The molecular formula is C27H35FN2O2. The summed E-state index contributed by atoms with van der Waals surface area (Å²) in [5, 5.41) is 12.2. The molecule has 0 spiro atoms. The van der Waals surface area contributed by atoms with Gasteiger partial charge in [-0.25, -0.2) is 4.39 Å². The summed E-state index contributed by atoms with van der Waals surface area (Å²) in [6.07, 6.45) is 6.73. The normalized spacial score (nSPS) is 28.2. The minimum atomic E-state index is -0.797. The monoisotopic (exact) mass is 438 g/mol. The van der Waals surface area contributed by atoms with Gasteiger partial charge < -0.3 is 10.4 Å². The Balaban J connectivity index is 1.39. The highest BCUT2D eigenvalue weighted by Gasteiger charge is 2.38. The van der Waals surface area contributed by atoms with Crippen LogP contribution in [0.25, 0.3) is 0 Å². The molecule has 5 heteroatoms. The van der Waals surface area contributed by atoms with Gasteiger partial charge in [-0.05, 0) is 106 Å². The average molecular weight is 439 g/mol. The third-order valence-electron chi connectivity index (χ3n) is 7.69. The number of halogens is 1. The molecule has 2 aromatic rings. The predicted octanol–water partition coefficient (Wildman–Crippen LogP) is 4.62. The molecule has 2 aromatic carbocycles. The van der Waals surface area contributed by atoms with Crippen molar-refractivity contribution in [1.29, 1.82) is 0 Å². The Hall–Kier alpha value is -2.24. The van der Waals surface area contributed by atoms with Gasteiger partial charge in [0.15, 0.2) is 0 Å². The lowest BCUT2D eigenvalue weighted by molar-refractivity contribution is -0.139. The van der Waals surface area contributed by atoms with Crippen LogP contribution >= 0.6 is 0 Å². The highest BCUT2D eigenvalue weighted by atomic mass is 19.1. The summed E-state index contributed by atoms with van der Waals surface area (Å²) in [6.45, 7) is 0.678. The van der Waals surface area contributed by atoms with Crippen LogP contribution in [0.15, 0.2) is 48.5 Å². The van der Waals surface area contributed by atoms with Gasteiger partial charge in [0, 0.05) is 5.54 Å². The van der Waals surface area contributed by atoms with Crippen molar-refractivity contribution < 1.29 is 14.3 Å². The van der Waals surface area contributed by atoms with Crippen LogP contribution in [-0.2, 0) is 23.2 Å². The fourth-order valence-corrected chi connectivity index (χ4v) is 5.87. The maximum absolute atomic E-state index is 14.4. The van der Waals surface area contributed by atoms with Gasteiger partial charge >= 0.3 is 5.97 Å². The fraction of sp³-hybridized carbons (Fsp3) is 0.519. The van der Waals surface area contributed by atoms with Crippen molar-refractivity contribution in [3.63, 3.8) is 0 Å². The first-order valence-electron chi connectivity index (χ1n) is 11.8. The maximum atomic E-state index is 14.4. The number of hydrogen-bond donors (Lipinski definition) is 2. The molecule has 0 unspecified atom stereocenters. The lowest BCUT2D eigenvalue weighted by Crippen LogP contribution is -2.44. The van der Waals surface area contributed by atoms with Gasteiger partial charge in [0.05, 0.1) is 0 Å². The number of rotatable bonds is 7. The molecule has 2 aliphatic rings. The Morgan fingerprint density at radius 2 is 1.69 bits per heavy atom. The molecule has 2 fully saturated rings. The van der Waals surface area contributed by atoms with Crippen LogP contribution in [-0.4, -0.2) is 42.7 Å². The molecule has 32 heavy (non-hydrogen) atoms. The molecule has 2 N–H and O–H groups in total. The highest BCUT2D eigenvalue weighted by molar-refractivity contribution is 5.73. The summed E-state index contributed by atoms with van der Waals surface area (Å²) in [5.41, 5.74) is 3.53. The number of aliphatic carboxylic acids is 1. The first kappa shape index (κ1) is 22.9. The molecule has 0 aromatic heterocycles. The van der Waals surface area contributed by atoms with E-state index in [4.69, 9.17) is 0 Å². The van der Waals surface area contributed by atoms with Crippen LogP contribution < -0.4 is 5.32 Å². The number of carboxylic acids is 1. The largest absolute Gasteiger partial charge is 0.480 e. The van der Waals surface area contributed by atoms with Crippen molar-refractivity contribution in [1.82, 2.24) is 10.2 Å². The van der Waals surface area contributed by atoms with Crippen LogP contribution in [0.4, 0.5) is 4.39 Å². The van der Waals surface area contributed by atoms with Crippen molar-refractivity contribution in [3.05, 3.63) is 71.0 Å². The summed E-state index contributed by atoms with van der Waals surface area (Å²) in [5.74, 6) is -0.173. The van der Waals surface area contributed by atoms with Gasteiger partial charge in [-0.2, -0.15) is 0 Å². The minimum Gasteiger partial charge on any atom is -0.480 e. The van der Waals surface area contributed by atoms with Crippen molar-refractivity contribution in [3.8, 4) is 0 Å². The second-order valence-corrected chi connectivity index (χ2v) is 10.0. The van der Waals surface area contributed by atoms with Gasteiger partial charge in [-0.1, -0.05) is 36.4 Å². The fourth-order valence-electron chi connectivity index (χ4n) is 5.87. The minimum absolute atomic E-state index is 0.0843. The topological polar surface area (TPSA) is 52.6 Å². The Labute approximate surface area is 190 Å². The number of benzene rings is 2. The predicted molar refractivity (Wildman–Crippen MR) is 125 cm³/mol. The first-order chi connectivity index (χ1) is 15.4. The molecule has 0 radical (unpaired) electrons. The summed E-state index contributed by atoms with van der Waals surface area (Å²) in [7, 11) is 4.36. The Morgan fingerprint density at radius 3 is 2.25 bits per heavy atom. The maximum Gasteiger partial charge on any atom is 0.320 e. The average Bonchev–Trinajstić information content (AvgIpc) is 3.23. The Morgan fingerprint density at radius 1 is 1.06 bits per heavy atom. The van der Waals surface area contributed by atoms with Gasteiger partial charge in [0.2, 0.25) is 0 Å². The number of nitrogens with one attached hydrogen (secondary N) is 1. The van der Waals surface area contributed by atoms with Crippen molar-refractivity contribution in [2.24, 2.45) is 11.8 Å². The van der Waals surface area contributed by atoms with Crippen molar-refractivity contribution >= 4 is 5.97 Å². The van der Waals surface area contributed by atoms with Gasteiger partial charge in [-0.15, -0.1) is 0 Å². The lowest BCUT2D eigenvalue weighted by atomic mass is 9.70. The molecule has 1 saturated heterocycles. The van der Waals surface area contributed by atoms with Crippen LogP contribution in [0, 0.1) is 17.7 Å². The molecule has 4 rings (SSSR count). The first-order valence-corrected chi connectivity index (χ1v) is 11.8. The van der Waals surface area contributed by atoms with Gasteiger partial charge in [-0.3, -0.25) is 9.69 Å².